The van der Waals surface area contributed by atoms with Gasteiger partial charge < -0.3 is 19.5 Å². The minimum absolute atomic E-state index is 0.0497. The number of esters is 1. The zero-order chi connectivity index (χ0) is 20.5. The summed E-state index contributed by atoms with van der Waals surface area (Å²) in [6.07, 6.45) is 2.43. The molecule has 3 atom stereocenters. The molecule has 6 nitrogen and oxygen atoms in total. The molecule has 1 aromatic carbocycles. The van der Waals surface area contributed by atoms with E-state index in [0.717, 1.165) is 31.2 Å². The number of piperidine rings is 1. The van der Waals surface area contributed by atoms with Gasteiger partial charge in [-0.15, -0.1) is 0 Å². The predicted molar refractivity (Wildman–Crippen MR) is 105 cm³/mol. The predicted octanol–water partition coefficient (Wildman–Crippen LogP) is 4.07. The van der Waals surface area contributed by atoms with E-state index >= 15 is 0 Å². The van der Waals surface area contributed by atoms with E-state index in [0.29, 0.717) is 12.2 Å². The quantitative estimate of drug-likeness (QED) is 0.786. The van der Waals surface area contributed by atoms with E-state index in [1.54, 1.807) is 25.1 Å². The molecule has 154 valence electrons. The number of aliphatic hydroxyl groups excluding tert-OH is 1. The van der Waals surface area contributed by atoms with E-state index in [-0.39, 0.29) is 30.1 Å². The summed E-state index contributed by atoms with van der Waals surface area (Å²) in [5.41, 5.74) is 0.661. The number of benzene rings is 1. The van der Waals surface area contributed by atoms with Crippen LogP contribution in [-0.4, -0.2) is 46.4 Å². The third-order valence-corrected chi connectivity index (χ3v) is 5.56. The summed E-state index contributed by atoms with van der Waals surface area (Å²) in [5, 5.41) is 11.0. The minimum Gasteiger partial charge on any atom is -0.462 e. The molecule has 1 amide bonds. The summed E-state index contributed by atoms with van der Waals surface area (Å²) >= 11 is 0. The second-order valence-corrected chi connectivity index (χ2v) is 8.79. The zero-order valence-corrected chi connectivity index (χ0v) is 17.2. The maximum Gasteiger partial charge on any atom is 0.410 e. The zero-order valence-electron chi connectivity index (χ0n) is 17.2. The summed E-state index contributed by atoms with van der Waals surface area (Å²) < 4.78 is 10.6. The van der Waals surface area contributed by atoms with Crippen molar-refractivity contribution in [2.24, 2.45) is 5.92 Å². The molecule has 2 aliphatic heterocycles. The Balaban J connectivity index is 1.70. The molecule has 3 rings (SSSR count). The molecule has 1 N–H and O–H groups in total. The Morgan fingerprint density at radius 3 is 2.43 bits per heavy atom. The molecule has 2 bridgehead atoms. The lowest BCUT2D eigenvalue weighted by Gasteiger charge is -2.41. The number of ether oxygens (including phenoxy) is 2. The number of amides is 1. The number of hydrogen-bond donors (Lipinski definition) is 1. The highest BCUT2D eigenvalue weighted by Crippen LogP contribution is 2.44. The van der Waals surface area contributed by atoms with Crippen molar-refractivity contribution < 1.29 is 24.2 Å². The van der Waals surface area contributed by atoms with Gasteiger partial charge in [0.25, 0.3) is 0 Å². The van der Waals surface area contributed by atoms with Crippen LogP contribution in [0.5, 0.6) is 0 Å². The Hall–Kier alpha value is -2.08. The van der Waals surface area contributed by atoms with Crippen LogP contribution in [0.1, 0.15) is 75.4 Å². The fraction of sp³-hybridized carbons (Fsp3) is 0.636. The molecule has 2 aliphatic rings. The molecule has 0 aliphatic carbocycles. The number of carbonyl (C=O) groups excluding carboxylic acids is 2. The van der Waals surface area contributed by atoms with Crippen LogP contribution in [0.25, 0.3) is 0 Å². The van der Waals surface area contributed by atoms with Crippen molar-refractivity contribution in [3.05, 3.63) is 35.4 Å². The van der Waals surface area contributed by atoms with Crippen LogP contribution in [0.4, 0.5) is 4.79 Å². The van der Waals surface area contributed by atoms with E-state index in [4.69, 9.17) is 9.47 Å². The van der Waals surface area contributed by atoms with E-state index in [9.17, 15) is 14.7 Å². The minimum atomic E-state index is -0.668. The standard InChI is InChI=1S/C22H31NO5/c1-5-27-20(25)15-8-6-7-14(11-15)19(24)16-12-17-9-10-18(13-16)23(17)21(26)28-22(2,3)4/h6-8,11,16-19,24H,5,9-10,12-13H2,1-4H3. The van der Waals surface area contributed by atoms with Gasteiger partial charge in [-0.2, -0.15) is 0 Å². The summed E-state index contributed by atoms with van der Waals surface area (Å²) in [6, 6.07) is 7.22. The Kier molecular flexibility index (Phi) is 5.98. The van der Waals surface area contributed by atoms with Gasteiger partial charge >= 0.3 is 12.1 Å². The van der Waals surface area contributed by atoms with Gasteiger partial charge in [-0.1, -0.05) is 12.1 Å². The van der Waals surface area contributed by atoms with Crippen molar-refractivity contribution in [3.63, 3.8) is 0 Å². The normalized spacial score (nSPS) is 25.3. The first-order valence-electron chi connectivity index (χ1n) is 10.2. The third-order valence-electron chi connectivity index (χ3n) is 5.56. The summed E-state index contributed by atoms with van der Waals surface area (Å²) in [7, 11) is 0. The Labute approximate surface area is 166 Å². The summed E-state index contributed by atoms with van der Waals surface area (Å²) in [5.74, 6) is -0.329. The molecule has 3 unspecified atom stereocenters. The molecule has 0 saturated carbocycles. The lowest BCUT2D eigenvalue weighted by molar-refractivity contribution is -0.0133. The third kappa shape index (κ3) is 4.49. The Bertz CT molecular complexity index is 712. The molecule has 28 heavy (non-hydrogen) atoms. The molecule has 2 heterocycles. The first-order valence-corrected chi connectivity index (χ1v) is 10.2. The Morgan fingerprint density at radius 2 is 1.86 bits per heavy atom. The highest BCUT2D eigenvalue weighted by atomic mass is 16.6. The number of nitrogens with zero attached hydrogens (tertiary/aromatic N) is 1. The van der Waals surface area contributed by atoms with Crippen LogP contribution in [0.3, 0.4) is 0 Å². The van der Waals surface area contributed by atoms with Crippen LogP contribution in [0.2, 0.25) is 0 Å². The van der Waals surface area contributed by atoms with E-state index in [2.05, 4.69) is 0 Å². The van der Waals surface area contributed by atoms with Gasteiger partial charge in [0.05, 0.1) is 18.3 Å². The van der Waals surface area contributed by atoms with Crippen molar-refractivity contribution in [1.82, 2.24) is 4.90 Å². The number of aliphatic hydroxyl groups is 1. The largest absolute Gasteiger partial charge is 0.462 e. The monoisotopic (exact) mass is 389 g/mol. The van der Waals surface area contributed by atoms with Crippen LogP contribution < -0.4 is 0 Å². The number of fused-ring (bicyclic) bond motifs is 2. The molecule has 0 spiro atoms. The second-order valence-electron chi connectivity index (χ2n) is 8.79. The molecule has 0 radical (unpaired) electrons. The SMILES string of the molecule is CCOC(=O)c1cccc(C(O)C2CC3CCC(C2)N3C(=O)OC(C)(C)C)c1. The lowest BCUT2D eigenvalue weighted by atomic mass is 9.83. The van der Waals surface area contributed by atoms with E-state index in [1.807, 2.05) is 31.7 Å². The molecular formula is C22H31NO5. The number of carbonyl (C=O) groups is 2. The highest BCUT2D eigenvalue weighted by molar-refractivity contribution is 5.89. The molecule has 2 fully saturated rings. The van der Waals surface area contributed by atoms with Crippen LogP contribution in [0.15, 0.2) is 24.3 Å². The first kappa shape index (κ1) is 20.6. The summed E-state index contributed by atoms with van der Waals surface area (Å²) in [6.45, 7) is 7.71. The van der Waals surface area contributed by atoms with Gasteiger partial charge in [0.2, 0.25) is 0 Å². The van der Waals surface area contributed by atoms with Crippen LogP contribution in [0, 0.1) is 5.92 Å². The lowest BCUT2D eigenvalue weighted by Crippen LogP contribution is -2.49. The van der Waals surface area contributed by atoms with E-state index < -0.39 is 11.7 Å². The van der Waals surface area contributed by atoms with Crippen molar-refractivity contribution in [1.29, 1.82) is 0 Å². The van der Waals surface area contributed by atoms with E-state index in [1.165, 1.54) is 0 Å². The molecule has 1 aromatic rings. The Morgan fingerprint density at radius 1 is 1.21 bits per heavy atom. The molecule has 2 saturated heterocycles. The fourth-order valence-electron chi connectivity index (χ4n) is 4.43. The first-order chi connectivity index (χ1) is 13.2. The van der Waals surface area contributed by atoms with Crippen molar-refractivity contribution in [2.45, 2.75) is 77.2 Å². The maximum atomic E-state index is 12.6. The van der Waals surface area contributed by atoms with Gasteiger partial charge in [0.1, 0.15) is 5.60 Å². The molecular weight excluding hydrogens is 358 g/mol. The van der Waals surface area contributed by atoms with Gasteiger partial charge in [-0.25, -0.2) is 9.59 Å². The average Bonchev–Trinajstić information content (AvgIpc) is 2.90. The number of rotatable bonds is 4. The molecule has 0 aromatic heterocycles. The van der Waals surface area contributed by atoms with Crippen molar-refractivity contribution in [3.8, 4) is 0 Å². The van der Waals surface area contributed by atoms with Gasteiger partial charge in [-0.3, -0.25) is 0 Å². The van der Waals surface area contributed by atoms with Crippen LogP contribution >= 0.6 is 0 Å². The second kappa shape index (κ2) is 8.11. The maximum absolute atomic E-state index is 12.6. The van der Waals surface area contributed by atoms with Gasteiger partial charge in [0.15, 0.2) is 0 Å². The highest BCUT2D eigenvalue weighted by Gasteiger charge is 2.46. The molecule has 6 heteroatoms. The average molecular weight is 389 g/mol. The smallest absolute Gasteiger partial charge is 0.410 e. The summed E-state index contributed by atoms with van der Waals surface area (Å²) in [4.78, 5) is 26.5. The van der Waals surface area contributed by atoms with Crippen LogP contribution in [-0.2, 0) is 9.47 Å². The topological polar surface area (TPSA) is 76.1 Å². The van der Waals surface area contributed by atoms with Crippen molar-refractivity contribution in [2.75, 3.05) is 6.61 Å². The fourth-order valence-corrected chi connectivity index (χ4v) is 4.43. The van der Waals surface area contributed by atoms with Gasteiger partial charge in [0, 0.05) is 12.1 Å². The van der Waals surface area contributed by atoms with Gasteiger partial charge in [-0.05, 0) is 77.0 Å². The van der Waals surface area contributed by atoms with Crippen molar-refractivity contribution >= 4 is 12.1 Å². The number of hydrogen-bond acceptors (Lipinski definition) is 5.